The summed E-state index contributed by atoms with van der Waals surface area (Å²) in [5.74, 6) is -8.97. The molecule has 0 saturated heterocycles. The highest BCUT2D eigenvalue weighted by atomic mass is 32.2. The summed E-state index contributed by atoms with van der Waals surface area (Å²) in [5, 5.41) is 0. The van der Waals surface area contributed by atoms with E-state index in [2.05, 4.69) is 5.73 Å². The number of hydrogen-bond donors (Lipinski definition) is 2. The molecule has 0 spiro atoms. The Balaban J connectivity index is 3.84. The molecule has 0 atom stereocenters. The molecule has 1 aromatic carbocycles. The van der Waals surface area contributed by atoms with Gasteiger partial charge in [0.15, 0.2) is 28.2 Å². The summed E-state index contributed by atoms with van der Waals surface area (Å²) in [4.78, 5) is -1.82. The predicted octanol–water partition coefficient (Wildman–Crippen LogP) is 1.07. The second-order valence-corrected chi connectivity index (χ2v) is 3.83. The van der Waals surface area contributed by atoms with Crippen LogP contribution in [0.25, 0.3) is 0 Å². The molecular formula is C6H3F4NO3S. The van der Waals surface area contributed by atoms with Crippen molar-refractivity contribution in [3.8, 4) is 0 Å². The fraction of sp³-hybridized carbons (Fsp3) is 0. The topological polar surface area (TPSA) is 80.4 Å². The molecule has 0 fully saturated rings. The van der Waals surface area contributed by atoms with Crippen LogP contribution in [-0.4, -0.2) is 13.0 Å². The van der Waals surface area contributed by atoms with Crippen LogP contribution in [0.2, 0.25) is 0 Å². The van der Waals surface area contributed by atoms with E-state index in [9.17, 15) is 26.0 Å². The second-order valence-electron chi connectivity index (χ2n) is 2.47. The van der Waals surface area contributed by atoms with Crippen LogP contribution in [-0.2, 0) is 10.1 Å². The largest absolute Gasteiger partial charge is 0.395 e. The van der Waals surface area contributed by atoms with Gasteiger partial charge in [-0.3, -0.25) is 4.55 Å². The van der Waals surface area contributed by atoms with E-state index < -0.39 is 44.0 Å². The van der Waals surface area contributed by atoms with Crippen LogP contribution < -0.4 is 5.73 Å². The van der Waals surface area contributed by atoms with Crippen molar-refractivity contribution >= 4 is 15.8 Å². The molecule has 0 amide bonds. The molecule has 15 heavy (non-hydrogen) atoms. The van der Waals surface area contributed by atoms with Gasteiger partial charge in [-0.15, -0.1) is 0 Å². The minimum absolute atomic E-state index is 1.52. The van der Waals surface area contributed by atoms with Gasteiger partial charge >= 0.3 is 0 Å². The molecule has 0 radical (unpaired) electrons. The Morgan fingerprint density at radius 3 is 1.73 bits per heavy atom. The van der Waals surface area contributed by atoms with E-state index in [0.717, 1.165) is 0 Å². The zero-order valence-corrected chi connectivity index (χ0v) is 7.58. The number of hydrogen-bond acceptors (Lipinski definition) is 3. The first kappa shape index (κ1) is 11.7. The van der Waals surface area contributed by atoms with E-state index in [-0.39, 0.29) is 0 Å². The zero-order chi connectivity index (χ0) is 12.0. The minimum atomic E-state index is -5.27. The molecule has 4 nitrogen and oxygen atoms in total. The third-order valence-electron chi connectivity index (χ3n) is 1.52. The van der Waals surface area contributed by atoms with Crippen molar-refractivity contribution < 1.29 is 30.5 Å². The van der Waals surface area contributed by atoms with E-state index in [1.807, 2.05) is 0 Å². The lowest BCUT2D eigenvalue weighted by atomic mass is 10.2. The normalized spacial score (nSPS) is 11.8. The molecule has 9 heteroatoms. The predicted molar refractivity (Wildman–Crippen MR) is 40.5 cm³/mol. The van der Waals surface area contributed by atoms with Gasteiger partial charge in [0.2, 0.25) is 0 Å². The molecule has 0 unspecified atom stereocenters. The Kier molecular flexibility index (Phi) is 2.62. The Bertz CT molecular complexity index is 499. The minimum Gasteiger partial charge on any atom is -0.395 e. The van der Waals surface area contributed by atoms with Crippen molar-refractivity contribution in [2.24, 2.45) is 0 Å². The van der Waals surface area contributed by atoms with E-state index in [4.69, 9.17) is 4.55 Å². The molecule has 3 N–H and O–H groups in total. The first-order chi connectivity index (χ1) is 6.68. The van der Waals surface area contributed by atoms with E-state index in [1.54, 1.807) is 0 Å². The van der Waals surface area contributed by atoms with Gasteiger partial charge in [0.05, 0.1) is 5.69 Å². The van der Waals surface area contributed by atoms with Crippen molar-refractivity contribution in [2.45, 2.75) is 4.90 Å². The zero-order valence-electron chi connectivity index (χ0n) is 6.76. The Hall–Kier alpha value is -1.35. The number of rotatable bonds is 1. The van der Waals surface area contributed by atoms with Gasteiger partial charge in [0.1, 0.15) is 0 Å². The summed E-state index contributed by atoms with van der Waals surface area (Å²) in [6.45, 7) is 0. The number of nitrogens with two attached hydrogens (primary N) is 1. The fourth-order valence-electron chi connectivity index (χ4n) is 0.881. The van der Waals surface area contributed by atoms with Gasteiger partial charge in [-0.25, -0.2) is 17.6 Å². The fourth-order valence-corrected chi connectivity index (χ4v) is 1.56. The molecule has 0 aromatic heterocycles. The number of halogens is 4. The van der Waals surface area contributed by atoms with Crippen LogP contribution in [0, 0.1) is 23.3 Å². The first-order valence-electron chi connectivity index (χ1n) is 3.26. The van der Waals surface area contributed by atoms with Crippen molar-refractivity contribution in [2.75, 3.05) is 5.73 Å². The molecule has 0 aliphatic carbocycles. The molecule has 1 rings (SSSR count). The van der Waals surface area contributed by atoms with Gasteiger partial charge in [0.25, 0.3) is 10.1 Å². The molecule has 84 valence electrons. The van der Waals surface area contributed by atoms with E-state index >= 15 is 0 Å². The van der Waals surface area contributed by atoms with Crippen LogP contribution in [0.3, 0.4) is 0 Å². The highest BCUT2D eigenvalue weighted by molar-refractivity contribution is 7.86. The van der Waals surface area contributed by atoms with Crippen LogP contribution in [0.4, 0.5) is 23.2 Å². The third kappa shape index (κ3) is 1.75. The standard InChI is InChI=1S/C6H3F4NO3S/c7-1-2(8)4(10)6(15(12,13)14)5(11)3(1)9/h11H2,(H,12,13,14). The Morgan fingerprint density at radius 2 is 1.33 bits per heavy atom. The highest BCUT2D eigenvalue weighted by Crippen LogP contribution is 2.29. The van der Waals surface area contributed by atoms with E-state index in [0.29, 0.717) is 0 Å². The second kappa shape index (κ2) is 3.35. The average Bonchev–Trinajstić information content (AvgIpc) is 2.09. The molecular weight excluding hydrogens is 242 g/mol. The van der Waals surface area contributed by atoms with Crippen LogP contribution in [0.5, 0.6) is 0 Å². The first-order valence-corrected chi connectivity index (χ1v) is 4.70. The molecule has 0 aliphatic rings. The van der Waals surface area contributed by atoms with E-state index in [1.165, 1.54) is 0 Å². The SMILES string of the molecule is Nc1c(F)c(F)c(F)c(F)c1S(=O)(=O)O. The Labute approximate surface area is 81.1 Å². The maximum atomic E-state index is 12.8. The van der Waals surface area contributed by atoms with Crippen molar-refractivity contribution in [1.29, 1.82) is 0 Å². The summed E-state index contributed by atoms with van der Waals surface area (Å²) < 4.78 is 79.8. The summed E-state index contributed by atoms with van der Waals surface area (Å²) >= 11 is 0. The lowest BCUT2D eigenvalue weighted by Crippen LogP contribution is -2.12. The molecule has 0 bridgehead atoms. The van der Waals surface area contributed by atoms with Crippen LogP contribution >= 0.6 is 0 Å². The number of anilines is 1. The smallest absolute Gasteiger partial charge is 0.299 e. The number of benzene rings is 1. The maximum Gasteiger partial charge on any atom is 0.299 e. The lowest BCUT2D eigenvalue weighted by Gasteiger charge is -2.06. The third-order valence-corrected chi connectivity index (χ3v) is 2.43. The number of nitrogen functional groups attached to an aromatic ring is 1. The summed E-state index contributed by atoms with van der Waals surface area (Å²) in [6.07, 6.45) is 0. The summed E-state index contributed by atoms with van der Waals surface area (Å²) in [5.41, 5.74) is 3.16. The molecule has 0 aliphatic heterocycles. The van der Waals surface area contributed by atoms with Gasteiger partial charge in [-0.05, 0) is 0 Å². The highest BCUT2D eigenvalue weighted by Gasteiger charge is 2.30. The van der Waals surface area contributed by atoms with Crippen LogP contribution in [0.1, 0.15) is 0 Å². The van der Waals surface area contributed by atoms with Crippen molar-refractivity contribution in [1.82, 2.24) is 0 Å². The van der Waals surface area contributed by atoms with Gasteiger partial charge < -0.3 is 5.73 Å². The molecule has 0 heterocycles. The maximum absolute atomic E-state index is 12.8. The van der Waals surface area contributed by atoms with Crippen LogP contribution in [0.15, 0.2) is 4.90 Å². The summed E-state index contributed by atoms with van der Waals surface area (Å²) in [7, 11) is -5.27. The van der Waals surface area contributed by atoms with Gasteiger partial charge in [-0.2, -0.15) is 8.42 Å². The molecule has 0 saturated carbocycles. The lowest BCUT2D eigenvalue weighted by molar-refractivity contribution is 0.394. The quantitative estimate of drug-likeness (QED) is 0.255. The average molecular weight is 245 g/mol. The van der Waals surface area contributed by atoms with Crippen molar-refractivity contribution in [3.05, 3.63) is 23.3 Å². The van der Waals surface area contributed by atoms with Gasteiger partial charge in [-0.1, -0.05) is 0 Å². The molecule has 1 aromatic rings. The Morgan fingerprint density at radius 1 is 0.933 bits per heavy atom. The monoisotopic (exact) mass is 245 g/mol. The van der Waals surface area contributed by atoms with Gasteiger partial charge in [0, 0.05) is 0 Å². The summed E-state index contributed by atoms with van der Waals surface area (Å²) in [6, 6.07) is 0. The van der Waals surface area contributed by atoms with Crippen molar-refractivity contribution in [3.63, 3.8) is 0 Å².